The largest absolute Gasteiger partial charge is 0.346 e. The molecule has 1 heterocycles. The highest BCUT2D eigenvalue weighted by molar-refractivity contribution is 7.89. The quantitative estimate of drug-likeness (QED) is 0.629. The fourth-order valence-electron chi connectivity index (χ4n) is 4.06. The molecule has 0 fully saturated rings. The summed E-state index contributed by atoms with van der Waals surface area (Å²) in [5.74, 6) is 0. The van der Waals surface area contributed by atoms with Crippen LogP contribution in [-0.4, -0.2) is 19.0 Å². The van der Waals surface area contributed by atoms with Gasteiger partial charge >= 0.3 is 0 Å². The molecule has 1 N–H and O–H groups in total. The molecular weight excluding hydrogens is 382 g/mol. The van der Waals surface area contributed by atoms with Crippen molar-refractivity contribution in [2.45, 2.75) is 58.0 Å². The number of hydrogen-bond donors (Lipinski definition) is 1. The Morgan fingerprint density at radius 3 is 2.41 bits per heavy atom. The molecule has 0 unspecified atom stereocenters. The van der Waals surface area contributed by atoms with Crippen molar-refractivity contribution in [2.75, 3.05) is 0 Å². The molecule has 3 rings (SSSR count). The van der Waals surface area contributed by atoms with Gasteiger partial charge < -0.3 is 4.57 Å². The molecular formula is C23H27N3O2S. The zero-order chi connectivity index (χ0) is 21.2. The summed E-state index contributed by atoms with van der Waals surface area (Å²) in [7, 11) is -3.64. The maximum Gasteiger partial charge on any atom is 0.241 e. The Kier molecular flexibility index (Phi) is 6.11. The number of aryl methyl sites for hydroxylation is 3. The second-order valence-corrected chi connectivity index (χ2v) is 9.26. The second-order valence-electron chi connectivity index (χ2n) is 7.61. The van der Waals surface area contributed by atoms with Crippen molar-refractivity contribution in [3.05, 3.63) is 64.8 Å². The Bertz CT molecular complexity index is 1160. The van der Waals surface area contributed by atoms with Crippen LogP contribution in [0.5, 0.6) is 0 Å². The fraction of sp³-hybridized carbons (Fsp3) is 0.348. The summed E-state index contributed by atoms with van der Waals surface area (Å²) < 4.78 is 31.3. The second kappa shape index (κ2) is 8.40. The van der Waals surface area contributed by atoms with E-state index in [-0.39, 0.29) is 6.04 Å². The summed E-state index contributed by atoms with van der Waals surface area (Å²) in [6.07, 6.45) is 2.95. The minimum Gasteiger partial charge on any atom is -0.346 e. The van der Waals surface area contributed by atoms with Gasteiger partial charge in [-0.25, -0.2) is 13.1 Å². The van der Waals surface area contributed by atoms with E-state index in [1.807, 2.05) is 74.9 Å². The van der Waals surface area contributed by atoms with Gasteiger partial charge in [-0.15, -0.1) is 0 Å². The van der Waals surface area contributed by atoms with Gasteiger partial charge in [0.25, 0.3) is 0 Å². The van der Waals surface area contributed by atoms with Crippen LogP contribution in [0.25, 0.3) is 10.9 Å². The van der Waals surface area contributed by atoms with Crippen molar-refractivity contribution in [2.24, 2.45) is 0 Å². The van der Waals surface area contributed by atoms with E-state index in [4.69, 9.17) is 5.26 Å². The van der Waals surface area contributed by atoms with Gasteiger partial charge in [0.15, 0.2) is 0 Å². The third-order valence-corrected chi connectivity index (χ3v) is 7.07. The van der Waals surface area contributed by atoms with Gasteiger partial charge in [-0.05, 0) is 49.9 Å². The lowest BCUT2D eigenvalue weighted by molar-refractivity contribution is 0.491. The van der Waals surface area contributed by atoms with Crippen LogP contribution < -0.4 is 4.72 Å². The fourth-order valence-corrected chi connectivity index (χ4v) is 5.82. The highest BCUT2D eigenvalue weighted by Crippen LogP contribution is 2.24. The maximum absolute atomic E-state index is 13.2. The minimum atomic E-state index is -3.64. The number of fused-ring (bicyclic) bond motifs is 1. The van der Waals surface area contributed by atoms with Crippen LogP contribution in [0.2, 0.25) is 0 Å². The van der Waals surface area contributed by atoms with Crippen LogP contribution in [-0.2, 0) is 23.0 Å². The van der Waals surface area contributed by atoms with Crippen molar-refractivity contribution < 1.29 is 8.42 Å². The predicted octanol–water partition coefficient (Wildman–Crippen LogP) is 4.39. The van der Waals surface area contributed by atoms with E-state index in [1.165, 1.54) is 0 Å². The zero-order valence-corrected chi connectivity index (χ0v) is 18.2. The van der Waals surface area contributed by atoms with Crippen molar-refractivity contribution in [3.63, 3.8) is 0 Å². The molecule has 0 spiro atoms. The van der Waals surface area contributed by atoms with E-state index >= 15 is 0 Å². The number of nitrogens with one attached hydrogen (secondary N) is 1. The Labute approximate surface area is 173 Å². The average molecular weight is 410 g/mol. The highest BCUT2D eigenvalue weighted by Gasteiger charge is 2.24. The van der Waals surface area contributed by atoms with Gasteiger partial charge in [0, 0.05) is 29.7 Å². The maximum atomic E-state index is 13.2. The third kappa shape index (κ3) is 4.36. The van der Waals surface area contributed by atoms with Crippen LogP contribution in [0.3, 0.4) is 0 Å². The SMILES string of the molecule is CC[C@@H](Cn1cc(CC#N)c2ccccc21)NS(=O)(=O)c1c(C)cc(C)cc1C. The molecule has 0 aliphatic carbocycles. The molecule has 0 radical (unpaired) electrons. The molecule has 6 heteroatoms. The number of hydrogen-bond acceptors (Lipinski definition) is 3. The molecule has 2 aromatic carbocycles. The van der Waals surface area contributed by atoms with E-state index < -0.39 is 10.0 Å². The molecule has 1 aromatic heterocycles. The average Bonchev–Trinajstić information content (AvgIpc) is 2.98. The van der Waals surface area contributed by atoms with Crippen molar-refractivity contribution in [3.8, 4) is 6.07 Å². The van der Waals surface area contributed by atoms with Crippen LogP contribution in [0.4, 0.5) is 0 Å². The molecule has 0 aliphatic rings. The normalized spacial score (nSPS) is 12.8. The summed E-state index contributed by atoms with van der Waals surface area (Å²) >= 11 is 0. The first-order chi connectivity index (χ1) is 13.8. The van der Waals surface area contributed by atoms with E-state index in [1.54, 1.807) is 0 Å². The molecule has 0 aliphatic heterocycles. The van der Waals surface area contributed by atoms with Gasteiger partial charge in [0.05, 0.1) is 17.4 Å². The van der Waals surface area contributed by atoms with Crippen LogP contribution in [0.1, 0.15) is 35.6 Å². The number of benzene rings is 2. The van der Waals surface area contributed by atoms with Crippen LogP contribution in [0, 0.1) is 32.1 Å². The Hall–Kier alpha value is -2.62. The summed E-state index contributed by atoms with van der Waals surface area (Å²) in [6, 6.07) is 13.7. The molecule has 0 amide bonds. The highest BCUT2D eigenvalue weighted by atomic mass is 32.2. The lowest BCUT2D eigenvalue weighted by atomic mass is 10.1. The Morgan fingerprint density at radius 1 is 1.14 bits per heavy atom. The van der Waals surface area contributed by atoms with Gasteiger partial charge in [0.2, 0.25) is 10.0 Å². The van der Waals surface area contributed by atoms with Crippen molar-refractivity contribution in [1.82, 2.24) is 9.29 Å². The number of nitriles is 1. The predicted molar refractivity (Wildman–Crippen MR) is 116 cm³/mol. The van der Waals surface area contributed by atoms with Gasteiger partial charge in [0.1, 0.15) is 0 Å². The number of nitrogens with zero attached hydrogens (tertiary/aromatic N) is 2. The lowest BCUT2D eigenvalue weighted by Gasteiger charge is -2.20. The van der Waals surface area contributed by atoms with E-state index in [0.29, 0.717) is 24.3 Å². The molecule has 0 saturated carbocycles. The van der Waals surface area contributed by atoms with Gasteiger partial charge in [-0.2, -0.15) is 5.26 Å². The first kappa shape index (κ1) is 21.1. The minimum absolute atomic E-state index is 0.258. The lowest BCUT2D eigenvalue weighted by Crippen LogP contribution is -2.38. The monoisotopic (exact) mass is 409 g/mol. The summed E-state index contributed by atoms with van der Waals surface area (Å²) in [6.45, 7) is 8.12. The van der Waals surface area contributed by atoms with E-state index in [9.17, 15) is 8.42 Å². The van der Waals surface area contributed by atoms with Crippen molar-refractivity contribution in [1.29, 1.82) is 5.26 Å². The number of rotatable bonds is 7. The summed E-state index contributed by atoms with van der Waals surface area (Å²) in [5, 5.41) is 10.2. The van der Waals surface area contributed by atoms with E-state index in [2.05, 4.69) is 10.8 Å². The molecule has 29 heavy (non-hydrogen) atoms. The number of para-hydroxylation sites is 1. The summed E-state index contributed by atoms with van der Waals surface area (Å²) in [5.41, 5.74) is 4.54. The zero-order valence-electron chi connectivity index (χ0n) is 17.4. The van der Waals surface area contributed by atoms with E-state index in [0.717, 1.165) is 33.2 Å². The van der Waals surface area contributed by atoms with Crippen LogP contribution in [0.15, 0.2) is 47.5 Å². The third-order valence-electron chi connectivity index (χ3n) is 5.25. The first-order valence-corrected chi connectivity index (χ1v) is 11.3. The smallest absolute Gasteiger partial charge is 0.241 e. The molecule has 152 valence electrons. The molecule has 1 atom stereocenters. The Balaban J connectivity index is 1.92. The summed E-state index contributed by atoms with van der Waals surface area (Å²) in [4.78, 5) is 0.365. The van der Waals surface area contributed by atoms with Gasteiger partial charge in [-0.3, -0.25) is 0 Å². The number of aromatic nitrogens is 1. The first-order valence-electron chi connectivity index (χ1n) is 9.80. The molecule has 3 aromatic rings. The molecule has 0 saturated heterocycles. The van der Waals surface area contributed by atoms with Gasteiger partial charge in [-0.1, -0.05) is 42.8 Å². The molecule has 0 bridgehead atoms. The topological polar surface area (TPSA) is 74.9 Å². The van der Waals surface area contributed by atoms with Crippen molar-refractivity contribution >= 4 is 20.9 Å². The van der Waals surface area contributed by atoms with Crippen LogP contribution >= 0.6 is 0 Å². The Morgan fingerprint density at radius 2 is 1.79 bits per heavy atom. The standard InChI is InChI=1S/C23H27N3O2S/c1-5-20(25-29(27,28)23-17(3)12-16(2)13-18(23)4)15-26-14-19(10-11-24)21-8-6-7-9-22(21)26/h6-9,12-14,20,25H,5,10,15H2,1-4H3/t20-/m0/s1. The molecule has 5 nitrogen and oxygen atoms in total. The number of sulfonamides is 1.